The van der Waals surface area contributed by atoms with Crippen LogP contribution in [0.1, 0.15) is 78.6 Å². The molecular formula is C26H49O2Si2. The van der Waals surface area contributed by atoms with Gasteiger partial charge in [0.25, 0.3) is 0 Å². The molecule has 0 amide bonds. The zero-order valence-electron chi connectivity index (χ0n) is 21.2. The van der Waals surface area contributed by atoms with E-state index in [2.05, 4.69) is 53.5 Å². The molecule has 0 bridgehead atoms. The lowest BCUT2D eigenvalue weighted by Crippen LogP contribution is -2.55. The van der Waals surface area contributed by atoms with E-state index in [0.717, 1.165) is 29.6 Å². The lowest BCUT2D eigenvalue weighted by molar-refractivity contribution is -0.129. The monoisotopic (exact) mass is 449 g/mol. The van der Waals surface area contributed by atoms with E-state index >= 15 is 0 Å². The van der Waals surface area contributed by atoms with Crippen molar-refractivity contribution in [3.05, 3.63) is 0 Å². The van der Waals surface area contributed by atoms with Crippen LogP contribution in [0.4, 0.5) is 0 Å². The maximum Gasteiger partial charge on any atom is 0.205 e. The van der Waals surface area contributed by atoms with Crippen molar-refractivity contribution in [2.45, 2.75) is 124 Å². The molecule has 0 heterocycles. The van der Waals surface area contributed by atoms with Crippen molar-refractivity contribution in [3.8, 4) is 0 Å². The van der Waals surface area contributed by atoms with Gasteiger partial charge < -0.3 is 8.85 Å². The molecule has 0 spiro atoms. The summed E-state index contributed by atoms with van der Waals surface area (Å²) in [5.41, 5.74) is 1.10. The molecule has 1 radical (unpaired) electrons. The van der Waals surface area contributed by atoms with E-state index < -0.39 is 17.4 Å². The molecule has 0 N–H and O–H groups in total. The van der Waals surface area contributed by atoms with Crippen LogP contribution in [-0.2, 0) is 8.85 Å². The summed E-state index contributed by atoms with van der Waals surface area (Å²) in [5, 5.41) is 0. The van der Waals surface area contributed by atoms with E-state index in [4.69, 9.17) is 8.85 Å². The Hall–Kier alpha value is 0.354. The van der Waals surface area contributed by atoms with Crippen molar-refractivity contribution in [3.63, 3.8) is 0 Å². The first-order valence-corrected chi connectivity index (χ1v) is 18.9. The molecule has 0 aliphatic heterocycles. The summed E-state index contributed by atoms with van der Waals surface area (Å²) >= 11 is 0. The maximum atomic E-state index is 6.65. The van der Waals surface area contributed by atoms with Gasteiger partial charge in [0.15, 0.2) is 8.32 Å². The zero-order valence-corrected chi connectivity index (χ0v) is 23.2. The van der Waals surface area contributed by atoms with E-state index in [1.807, 2.05) is 0 Å². The lowest BCUT2D eigenvalue weighted by atomic mass is 9.44. The van der Waals surface area contributed by atoms with Crippen LogP contribution in [0.3, 0.4) is 0 Å². The summed E-state index contributed by atoms with van der Waals surface area (Å²) in [4.78, 5) is 0. The first kappa shape index (κ1) is 23.5. The van der Waals surface area contributed by atoms with Crippen molar-refractivity contribution in [2.24, 2.45) is 40.4 Å². The summed E-state index contributed by atoms with van der Waals surface area (Å²) in [6.45, 7) is 19.5. The van der Waals surface area contributed by atoms with Crippen LogP contribution in [0, 0.1) is 40.4 Å². The second-order valence-electron chi connectivity index (χ2n) is 13.2. The predicted molar refractivity (Wildman–Crippen MR) is 131 cm³/mol. The molecule has 0 aromatic heterocycles. The van der Waals surface area contributed by atoms with E-state index in [1.165, 1.54) is 57.8 Å². The zero-order chi connectivity index (χ0) is 21.9. The smallest absolute Gasteiger partial charge is 0.205 e. The third kappa shape index (κ3) is 4.17. The van der Waals surface area contributed by atoms with Gasteiger partial charge in [0.1, 0.15) is 0 Å². The minimum Gasteiger partial charge on any atom is -0.415 e. The third-order valence-electron chi connectivity index (χ3n) is 10.2. The summed E-state index contributed by atoms with van der Waals surface area (Å²) in [5.74, 6) is 4.58. The standard InChI is InChI=1S/C26H49O2Si2/c1-18(28-30(6,7)8)22-11-12-23-21-10-9-19-17-20(27-29(4)5)13-15-25(19,2)24(21)14-16-26(22,23)3/h18-24H,9-17H2,1-8H3. The Morgan fingerprint density at radius 2 is 1.53 bits per heavy atom. The fourth-order valence-corrected chi connectivity index (χ4v) is 11.3. The highest BCUT2D eigenvalue weighted by molar-refractivity contribution is 6.69. The molecule has 4 saturated carbocycles. The van der Waals surface area contributed by atoms with Crippen LogP contribution in [0.15, 0.2) is 0 Å². The van der Waals surface area contributed by atoms with Gasteiger partial charge in [0.05, 0.1) is 0 Å². The second-order valence-corrected chi connectivity index (χ2v) is 19.8. The molecule has 0 saturated heterocycles. The Morgan fingerprint density at radius 1 is 0.867 bits per heavy atom. The fraction of sp³-hybridized carbons (Fsp3) is 1.00. The molecule has 4 heteroatoms. The number of hydrogen-bond donors (Lipinski definition) is 0. The third-order valence-corrected chi connectivity index (χ3v) is 12.1. The van der Waals surface area contributed by atoms with Crippen LogP contribution in [0.5, 0.6) is 0 Å². The van der Waals surface area contributed by atoms with Gasteiger partial charge in [-0.3, -0.25) is 0 Å². The van der Waals surface area contributed by atoms with Gasteiger partial charge in [-0.05, 0) is 138 Å². The molecular weight excluding hydrogens is 400 g/mol. The van der Waals surface area contributed by atoms with Crippen LogP contribution >= 0.6 is 0 Å². The van der Waals surface area contributed by atoms with Crippen molar-refractivity contribution < 1.29 is 8.85 Å². The van der Waals surface area contributed by atoms with Crippen LogP contribution in [0.2, 0.25) is 32.7 Å². The minimum atomic E-state index is -1.48. The molecule has 4 rings (SSSR count). The highest BCUT2D eigenvalue weighted by Gasteiger charge is 2.61. The van der Waals surface area contributed by atoms with Gasteiger partial charge in [-0.25, -0.2) is 0 Å². The highest BCUT2D eigenvalue weighted by Crippen LogP contribution is 2.68. The van der Waals surface area contributed by atoms with E-state index in [-0.39, 0.29) is 0 Å². The Balaban J connectivity index is 1.48. The Kier molecular flexibility index (Phi) is 6.50. The molecule has 173 valence electrons. The summed E-state index contributed by atoms with van der Waals surface area (Å²) in [7, 11) is -2.04. The molecule has 0 aromatic carbocycles. The van der Waals surface area contributed by atoms with Gasteiger partial charge in [0.2, 0.25) is 9.04 Å². The minimum absolute atomic E-state index is 0.446. The average molecular weight is 450 g/mol. The molecule has 9 atom stereocenters. The second kappa shape index (κ2) is 8.29. The molecule has 30 heavy (non-hydrogen) atoms. The van der Waals surface area contributed by atoms with Crippen molar-refractivity contribution in [1.82, 2.24) is 0 Å². The van der Waals surface area contributed by atoms with Gasteiger partial charge in [-0.2, -0.15) is 0 Å². The fourth-order valence-electron chi connectivity index (χ4n) is 9.11. The van der Waals surface area contributed by atoms with E-state index in [9.17, 15) is 0 Å². The predicted octanol–water partition coefficient (Wildman–Crippen LogP) is 7.52. The first-order valence-electron chi connectivity index (χ1n) is 13.1. The maximum absolute atomic E-state index is 6.65. The topological polar surface area (TPSA) is 18.5 Å². The Labute approximate surface area is 190 Å². The molecule has 2 nitrogen and oxygen atoms in total. The van der Waals surface area contributed by atoms with Gasteiger partial charge in [-0.1, -0.05) is 13.8 Å². The summed E-state index contributed by atoms with van der Waals surface area (Å²) in [6.07, 6.45) is 13.8. The highest BCUT2D eigenvalue weighted by atomic mass is 28.4. The van der Waals surface area contributed by atoms with Crippen molar-refractivity contribution in [2.75, 3.05) is 0 Å². The molecule has 4 aliphatic rings. The summed E-state index contributed by atoms with van der Waals surface area (Å²) in [6, 6.07) is 0. The summed E-state index contributed by atoms with van der Waals surface area (Å²) < 4.78 is 13.0. The first-order chi connectivity index (χ1) is 13.9. The van der Waals surface area contributed by atoms with E-state index in [0.29, 0.717) is 23.0 Å². The average Bonchev–Trinajstić information content (AvgIpc) is 2.97. The molecule has 4 aliphatic carbocycles. The Morgan fingerprint density at radius 3 is 2.20 bits per heavy atom. The normalized spacial score (nSPS) is 47.5. The molecule has 9 unspecified atom stereocenters. The number of rotatable bonds is 5. The number of hydrogen-bond acceptors (Lipinski definition) is 2. The lowest BCUT2D eigenvalue weighted by Gasteiger charge is -2.61. The van der Waals surface area contributed by atoms with E-state index in [1.54, 1.807) is 0 Å². The van der Waals surface area contributed by atoms with Crippen molar-refractivity contribution >= 4 is 17.4 Å². The Bertz CT molecular complexity index is 617. The quantitative estimate of drug-likeness (QED) is 0.404. The van der Waals surface area contributed by atoms with Crippen LogP contribution < -0.4 is 0 Å². The molecule has 4 fully saturated rings. The number of fused-ring (bicyclic) bond motifs is 5. The van der Waals surface area contributed by atoms with Gasteiger partial charge in [-0.15, -0.1) is 0 Å². The van der Waals surface area contributed by atoms with Crippen molar-refractivity contribution in [1.29, 1.82) is 0 Å². The SMILES string of the molecule is CC(O[Si](C)(C)C)C1CCC2C3CCC4CC(O[Si](C)C)CCC4(C)C3CCC12C. The van der Waals surface area contributed by atoms with Crippen LogP contribution in [-0.4, -0.2) is 29.6 Å². The largest absolute Gasteiger partial charge is 0.415 e. The van der Waals surface area contributed by atoms with Gasteiger partial charge in [0, 0.05) is 12.2 Å². The van der Waals surface area contributed by atoms with Crippen LogP contribution in [0.25, 0.3) is 0 Å². The molecule has 0 aromatic rings. The van der Waals surface area contributed by atoms with Gasteiger partial charge >= 0.3 is 0 Å².